The standard InChI is InChI=1S/C46H53N3O5/c1-32(38-23-22-36-12-6-7-13-40(36)26-38)49(3)30-43-28-44(37-20-18-34(31-50)19-21-37)54-46(53-43)42-16-10-15-41(27-42)39-14-9-11-35(25-39)29-48-45(52)17-5-4-8-24-47-33(2)51/h6-7,9-16,18-23,25-27,32,43-44,46,50H,4-5,8,17,24,28-31H2,1-3H3,(H,47,51)(H,48,52)/t32-,43+,44-,46-/m1/s1. The zero-order valence-electron chi connectivity index (χ0n) is 31.7. The topological polar surface area (TPSA) is 100 Å². The minimum Gasteiger partial charge on any atom is -0.392 e. The highest BCUT2D eigenvalue weighted by Gasteiger charge is 2.33. The number of ether oxygens (including phenoxy) is 2. The van der Waals surface area contributed by atoms with Gasteiger partial charge in [-0.15, -0.1) is 0 Å². The minimum absolute atomic E-state index is 0.000108. The summed E-state index contributed by atoms with van der Waals surface area (Å²) in [7, 11) is 2.16. The molecule has 5 aromatic carbocycles. The number of aliphatic hydroxyl groups excluding tert-OH is 1. The molecular formula is C46H53N3O5. The third-order valence-corrected chi connectivity index (χ3v) is 10.4. The quantitative estimate of drug-likeness (QED) is 0.0882. The summed E-state index contributed by atoms with van der Waals surface area (Å²) in [5.74, 6) is 0.00383. The first kappa shape index (κ1) is 38.9. The van der Waals surface area contributed by atoms with Crippen LogP contribution in [0, 0.1) is 0 Å². The van der Waals surface area contributed by atoms with Crippen molar-refractivity contribution in [3.05, 3.63) is 143 Å². The fourth-order valence-corrected chi connectivity index (χ4v) is 7.10. The molecule has 1 fully saturated rings. The number of aliphatic hydroxyl groups is 1. The number of unbranched alkanes of at least 4 members (excludes halogenated alkanes) is 2. The number of carbonyl (C=O) groups excluding carboxylic acids is 2. The van der Waals surface area contributed by atoms with Crippen molar-refractivity contribution in [2.24, 2.45) is 0 Å². The molecule has 282 valence electrons. The maximum absolute atomic E-state index is 12.5. The van der Waals surface area contributed by atoms with Crippen molar-refractivity contribution in [2.45, 2.75) is 83.6 Å². The highest BCUT2D eigenvalue weighted by atomic mass is 16.7. The number of nitrogens with one attached hydrogen (secondary N) is 2. The van der Waals surface area contributed by atoms with Crippen LogP contribution in [-0.4, -0.2) is 48.1 Å². The molecule has 4 atom stereocenters. The molecule has 54 heavy (non-hydrogen) atoms. The molecule has 0 bridgehead atoms. The number of fused-ring (bicyclic) bond motifs is 1. The fourth-order valence-electron chi connectivity index (χ4n) is 7.10. The highest BCUT2D eigenvalue weighted by Crippen LogP contribution is 2.39. The molecule has 0 saturated carbocycles. The first-order valence-electron chi connectivity index (χ1n) is 19.2. The first-order valence-corrected chi connectivity index (χ1v) is 19.2. The van der Waals surface area contributed by atoms with E-state index in [4.69, 9.17) is 9.47 Å². The second kappa shape index (κ2) is 18.9. The Kier molecular flexibility index (Phi) is 13.6. The van der Waals surface area contributed by atoms with E-state index in [9.17, 15) is 14.7 Å². The van der Waals surface area contributed by atoms with Crippen LogP contribution in [0.1, 0.15) is 92.2 Å². The second-order valence-corrected chi connectivity index (χ2v) is 14.5. The lowest BCUT2D eigenvalue weighted by molar-refractivity contribution is -0.253. The third-order valence-electron chi connectivity index (χ3n) is 10.4. The number of hydrogen-bond donors (Lipinski definition) is 3. The van der Waals surface area contributed by atoms with Crippen LogP contribution in [0.2, 0.25) is 0 Å². The molecule has 0 aromatic heterocycles. The number of hydrogen-bond acceptors (Lipinski definition) is 6. The summed E-state index contributed by atoms with van der Waals surface area (Å²) < 4.78 is 13.5. The minimum atomic E-state index is -0.573. The van der Waals surface area contributed by atoms with Crippen molar-refractivity contribution in [1.29, 1.82) is 0 Å². The van der Waals surface area contributed by atoms with Crippen LogP contribution in [0.25, 0.3) is 21.9 Å². The molecule has 8 nitrogen and oxygen atoms in total. The predicted octanol–water partition coefficient (Wildman–Crippen LogP) is 8.55. The summed E-state index contributed by atoms with van der Waals surface area (Å²) in [6.07, 6.45) is 2.88. The Labute approximate surface area is 319 Å². The van der Waals surface area contributed by atoms with Crippen LogP contribution in [0.15, 0.2) is 115 Å². The van der Waals surface area contributed by atoms with E-state index < -0.39 is 6.29 Å². The van der Waals surface area contributed by atoms with Crippen molar-refractivity contribution in [3.63, 3.8) is 0 Å². The number of carbonyl (C=O) groups is 2. The largest absolute Gasteiger partial charge is 0.392 e. The predicted molar refractivity (Wildman–Crippen MR) is 214 cm³/mol. The molecular weight excluding hydrogens is 675 g/mol. The van der Waals surface area contributed by atoms with Gasteiger partial charge in [0, 0.05) is 51.0 Å². The Hall–Kier alpha value is -4.86. The van der Waals surface area contributed by atoms with E-state index in [1.165, 1.54) is 23.3 Å². The summed E-state index contributed by atoms with van der Waals surface area (Å²) in [5, 5.41) is 18.0. The lowest BCUT2D eigenvalue weighted by Gasteiger charge is -2.39. The Morgan fingerprint density at radius 3 is 2.31 bits per heavy atom. The normalized spacial score (nSPS) is 17.7. The van der Waals surface area contributed by atoms with E-state index >= 15 is 0 Å². The van der Waals surface area contributed by atoms with Gasteiger partial charge < -0.3 is 25.2 Å². The van der Waals surface area contributed by atoms with Crippen LogP contribution in [-0.2, 0) is 32.2 Å². The molecule has 5 aromatic rings. The Bertz CT molecular complexity index is 2000. The number of nitrogens with zero attached hydrogens (tertiary/aromatic N) is 1. The first-order chi connectivity index (χ1) is 26.2. The average molecular weight is 728 g/mol. The van der Waals surface area contributed by atoms with Gasteiger partial charge in [-0.1, -0.05) is 103 Å². The monoisotopic (exact) mass is 727 g/mol. The zero-order chi connectivity index (χ0) is 37.9. The van der Waals surface area contributed by atoms with Gasteiger partial charge in [0.2, 0.25) is 11.8 Å². The molecule has 3 N–H and O–H groups in total. The lowest BCUT2D eigenvalue weighted by atomic mass is 9.97. The number of amides is 2. The van der Waals surface area contributed by atoms with Crippen molar-refractivity contribution in [2.75, 3.05) is 20.1 Å². The summed E-state index contributed by atoms with van der Waals surface area (Å²) in [6.45, 7) is 5.58. The smallest absolute Gasteiger partial charge is 0.220 e. The average Bonchev–Trinajstić information content (AvgIpc) is 3.20. The van der Waals surface area contributed by atoms with Crippen LogP contribution in [0.3, 0.4) is 0 Å². The van der Waals surface area contributed by atoms with Gasteiger partial charge in [-0.05, 0) is 89.2 Å². The Morgan fingerprint density at radius 2 is 1.54 bits per heavy atom. The number of likely N-dealkylation sites (N-methyl/N-ethyl adjacent to an activating group) is 1. The maximum Gasteiger partial charge on any atom is 0.220 e. The van der Waals surface area contributed by atoms with Gasteiger partial charge in [0.15, 0.2) is 6.29 Å². The van der Waals surface area contributed by atoms with E-state index in [1.807, 2.05) is 42.5 Å². The van der Waals surface area contributed by atoms with Gasteiger partial charge in [-0.25, -0.2) is 0 Å². The van der Waals surface area contributed by atoms with E-state index in [-0.39, 0.29) is 36.7 Å². The molecule has 6 rings (SSSR count). The van der Waals surface area contributed by atoms with Crippen LogP contribution < -0.4 is 10.6 Å². The fraction of sp³-hybridized carbons (Fsp3) is 0.348. The Balaban J connectivity index is 1.13. The lowest BCUT2D eigenvalue weighted by Crippen LogP contribution is -2.38. The Morgan fingerprint density at radius 1 is 0.778 bits per heavy atom. The molecule has 0 aliphatic carbocycles. The van der Waals surface area contributed by atoms with Crippen LogP contribution >= 0.6 is 0 Å². The molecule has 2 amide bonds. The van der Waals surface area contributed by atoms with Gasteiger partial charge in [-0.2, -0.15) is 0 Å². The number of rotatable bonds is 16. The van der Waals surface area contributed by atoms with E-state index in [0.29, 0.717) is 25.9 Å². The van der Waals surface area contributed by atoms with Crippen LogP contribution in [0.5, 0.6) is 0 Å². The molecule has 0 spiro atoms. The summed E-state index contributed by atoms with van der Waals surface area (Å²) in [5.41, 5.74) is 7.25. The molecule has 1 aliphatic rings. The molecule has 1 heterocycles. The highest BCUT2D eigenvalue weighted by molar-refractivity contribution is 5.83. The number of benzene rings is 5. The van der Waals surface area contributed by atoms with Gasteiger partial charge >= 0.3 is 0 Å². The third kappa shape index (κ3) is 10.6. The van der Waals surface area contributed by atoms with Crippen molar-refractivity contribution < 1.29 is 24.2 Å². The van der Waals surface area contributed by atoms with E-state index in [1.54, 1.807) is 0 Å². The second-order valence-electron chi connectivity index (χ2n) is 14.5. The molecule has 0 radical (unpaired) electrons. The van der Waals surface area contributed by atoms with Gasteiger partial charge in [0.1, 0.15) is 0 Å². The molecule has 1 aliphatic heterocycles. The summed E-state index contributed by atoms with van der Waals surface area (Å²) in [6, 6.07) is 39.9. The maximum atomic E-state index is 12.5. The van der Waals surface area contributed by atoms with Crippen molar-refractivity contribution >= 4 is 22.6 Å². The molecule has 8 heteroatoms. The zero-order valence-corrected chi connectivity index (χ0v) is 31.7. The summed E-state index contributed by atoms with van der Waals surface area (Å²) in [4.78, 5) is 25.9. The summed E-state index contributed by atoms with van der Waals surface area (Å²) >= 11 is 0. The van der Waals surface area contributed by atoms with Gasteiger partial charge in [0.25, 0.3) is 0 Å². The van der Waals surface area contributed by atoms with E-state index in [2.05, 4.69) is 102 Å². The van der Waals surface area contributed by atoms with Gasteiger partial charge in [-0.3, -0.25) is 14.5 Å². The van der Waals surface area contributed by atoms with Gasteiger partial charge in [0.05, 0.1) is 18.8 Å². The molecule has 1 saturated heterocycles. The van der Waals surface area contributed by atoms with E-state index in [0.717, 1.165) is 59.2 Å². The van der Waals surface area contributed by atoms with Crippen molar-refractivity contribution in [3.8, 4) is 11.1 Å². The van der Waals surface area contributed by atoms with Crippen LogP contribution in [0.4, 0.5) is 0 Å². The molecule has 0 unspecified atom stereocenters. The van der Waals surface area contributed by atoms with Crippen molar-refractivity contribution in [1.82, 2.24) is 15.5 Å². The SMILES string of the molecule is CC(=O)NCCCCCC(=O)NCc1cccc(-c2cccc([C@@H]3O[C@H](CN(C)[C@H](C)c4ccc5ccccc5c4)C[C@H](c4ccc(CO)cc4)O3)c2)c1.